The van der Waals surface area contributed by atoms with Crippen molar-refractivity contribution in [2.45, 2.75) is 39.2 Å². The van der Waals surface area contributed by atoms with E-state index in [2.05, 4.69) is 64.7 Å². The predicted octanol–water partition coefficient (Wildman–Crippen LogP) is 3.69. The number of hydrogen-bond acceptors (Lipinski definition) is 4. The standard InChI is InChI=1S/C23H40N4O2.HI/c1-4-27(5-2)22(21-10-7-6-8-11-21)18-26-23(24-3)25-14-9-15-29-19-20-12-16-28-17-13-20;/h6-8,10-11,20,22H,4-5,9,12-19H2,1-3H3,(H2,24,25,26);1H. The van der Waals surface area contributed by atoms with Gasteiger partial charge in [0.1, 0.15) is 0 Å². The Morgan fingerprint density at radius 2 is 1.87 bits per heavy atom. The quantitative estimate of drug-likeness (QED) is 0.186. The first kappa shape index (κ1) is 27.1. The summed E-state index contributed by atoms with van der Waals surface area (Å²) in [5.41, 5.74) is 1.33. The Balaban J connectivity index is 0.00000450. The van der Waals surface area contributed by atoms with Crippen LogP contribution < -0.4 is 10.6 Å². The van der Waals surface area contributed by atoms with Crippen molar-refractivity contribution in [2.24, 2.45) is 10.9 Å². The Bertz CT molecular complexity index is 564. The van der Waals surface area contributed by atoms with E-state index in [1.807, 2.05) is 7.05 Å². The molecule has 172 valence electrons. The van der Waals surface area contributed by atoms with E-state index in [0.29, 0.717) is 12.0 Å². The first-order chi connectivity index (χ1) is 14.3. The van der Waals surface area contributed by atoms with Crippen molar-refractivity contribution in [3.05, 3.63) is 35.9 Å². The fourth-order valence-electron chi connectivity index (χ4n) is 3.76. The summed E-state index contributed by atoms with van der Waals surface area (Å²) in [4.78, 5) is 6.85. The van der Waals surface area contributed by atoms with Gasteiger partial charge in [0.15, 0.2) is 5.96 Å². The maximum absolute atomic E-state index is 5.84. The predicted molar refractivity (Wildman–Crippen MR) is 136 cm³/mol. The highest BCUT2D eigenvalue weighted by Crippen LogP contribution is 2.19. The van der Waals surface area contributed by atoms with Crippen LogP contribution in [0.15, 0.2) is 35.3 Å². The third-order valence-corrected chi connectivity index (χ3v) is 5.58. The van der Waals surface area contributed by atoms with Crippen molar-refractivity contribution >= 4 is 29.9 Å². The van der Waals surface area contributed by atoms with E-state index in [0.717, 1.165) is 77.8 Å². The normalized spacial score (nSPS) is 16.2. The second kappa shape index (κ2) is 16.8. The lowest BCUT2D eigenvalue weighted by Gasteiger charge is -2.30. The summed E-state index contributed by atoms with van der Waals surface area (Å²) in [5, 5.41) is 6.91. The Morgan fingerprint density at radius 1 is 1.17 bits per heavy atom. The van der Waals surface area contributed by atoms with Crippen molar-refractivity contribution in [3.8, 4) is 0 Å². The summed E-state index contributed by atoms with van der Waals surface area (Å²) in [6, 6.07) is 11.0. The Morgan fingerprint density at radius 3 is 2.50 bits per heavy atom. The number of nitrogens with one attached hydrogen (secondary N) is 2. The van der Waals surface area contributed by atoms with Crippen LogP contribution in [-0.2, 0) is 9.47 Å². The van der Waals surface area contributed by atoms with Crippen LogP contribution in [0, 0.1) is 5.92 Å². The zero-order chi connectivity index (χ0) is 20.7. The van der Waals surface area contributed by atoms with Crippen molar-refractivity contribution in [1.82, 2.24) is 15.5 Å². The molecule has 0 saturated carbocycles. The molecule has 0 spiro atoms. The zero-order valence-electron chi connectivity index (χ0n) is 18.9. The van der Waals surface area contributed by atoms with E-state index in [1.165, 1.54) is 5.56 Å². The average molecular weight is 533 g/mol. The van der Waals surface area contributed by atoms with Gasteiger partial charge in [-0.15, -0.1) is 24.0 Å². The molecule has 30 heavy (non-hydrogen) atoms. The molecule has 0 aromatic heterocycles. The van der Waals surface area contributed by atoms with Crippen LogP contribution in [-0.4, -0.2) is 70.5 Å². The molecular formula is C23H41IN4O2. The highest BCUT2D eigenvalue weighted by atomic mass is 127. The molecule has 0 aliphatic carbocycles. The molecule has 0 bridgehead atoms. The van der Waals surface area contributed by atoms with Gasteiger partial charge in [-0.25, -0.2) is 0 Å². The minimum Gasteiger partial charge on any atom is -0.381 e. The van der Waals surface area contributed by atoms with Gasteiger partial charge < -0.3 is 20.1 Å². The molecule has 1 saturated heterocycles. The van der Waals surface area contributed by atoms with Gasteiger partial charge in [-0.05, 0) is 43.8 Å². The second-order valence-electron chi connectivity index (χ2n) is 7.51. The number of guanidine groups is 1. The number of rotatable bonds is 12. The van der Waals surface area contributed by atoms with Crippen LogP contribution in [0.25, 0.3) is 0 Å². The molecular weight excluding hydrogens is 491 g/mol. The van der Waals surface area contributed by atoms with Crippen LogP contribution in [0.3, 0.4) is 0 Å². The van der Waals surface area contributed by atoms with Gasteiger partial charge in [-0.1, -0.05) is 44.2 Å². The van der Waals surface area contributed by atoms with Gasteiger partial charge in [-0.3, -0.25) is 9.89 Å². The topological polar surface area (TPSA) is 58.1 Å². The minimum atomic E-state index is 0. The molecule has 1 unspecified atom stereocenters. The molecule has 2 N–H and O–H groups in total. The van der Waals surface area contributed by atoms with Gasteiger partial charge in [0, 0.05) is 46.6 Å². The maximum atomic E-state index is 5.84. The first-order valence-electron chi connectivity index (χ1n) is 11.2. The summed E-state index contributed by atoms with van der Waals surface area (Å²) in [5.74, 6) is 1.52. The van der Waals surface area contributed by atoms with Crippen LogP contribution in [0.1, 0.15) is 44.7 Å². The largest absolute Gasteiger partial charge is 0.381 e. The van der Waals surface area contributed by atoms with E-state index in [-0.39, 0.29) is 24.0 Å². The van der Waals surface area contributed by atoms with Gasteiger partial charge >= 0.3 is 0 Å². The lowest BCUT2D eigenvalue weighted by molar-refractivity contribution is 0.0203. The van der Waals surface area contributed by atoms with Gasteiger partial charge in [0.25, 0.3) is 0 Å². The summed E-state index contributed by atoms with van der Waals surface area (Å²) in [6.45, 7) is 11.6. The summed E-state index contributed by atoms with van der Waals surface area (Å²) < 4.78 is 11.2. The number of halogens is 1. The molecule has 6 nitrogen and oxygen atoms in total. The molecule has 1 aliphatic rings. The third-order valence-electron chi connectivity index (χ3n) is 5.58. The van der Waals surface area contributed by atoms with Crippen molar-refractivity contribution in [1.29, 1.82) is 0 Å². The van der Waals surface area contributed by atoms with Gasteiger partial charge in [0.2, 0.25) is 0 Å². The second-order valence-corrected chi connectivity index (χ2v) is 7.51. The molecule has 0 radical (unpaired) electrons. The molecule has 1 atom stereocenters. The van der Waals surface area contributed by atoms with Crippen LogP contribution in [0.2, 0.25) is 0 Å². The van der Waals surface area contributed by atoms with Crippen molar-refractivity contribution in [3.63, 3.8) is 0 Å². The maximum Gasteiger partial charge on any atom is 0.191 e. The van der Waals surface area contributed by atoms with Crippen LogP contribution >= 0.6 is 24.0 Å². The fourth-order valence-corrected chi connectivity index (χ4v) is 3.76. The zero-order valence-corrected chi connectivity index (χ0v) is 21.3. The summed E-state index contributed by atoms with van der Waals surface area (Å²) >= 11 is 0. The number of benzene rings is 1. The summed E-state index contributed by atoms with van der Waals surface area (Å²) in [7, 11) is 1.83. The van der Waals surface area contributed by atoms with Gasteiger partial charge in [0.05, 0.1) is 6.04 Å². The highest BCUT2D eigenvalue weighted by molar-refractivity contribution is 14.0. The Kier molecular flexibility index (Phi) is 15.2. The molecule has 1 heterocycles. The number of nitrogens with zero attached hydrogens (tertiary/aromatic N) is 2. The van der Waals surface area contributed by atoms with Crippen LogP contribution in [0.5, 0.6) is 0 Å². The smallest absolute Gasteiger partial charge is 0.191 e. The molecule has 1 fully saturated rings. The first-order valence-corrected chi connectivity index (χ1v) is 11.2. The Hall–Kier alpha value is -0.900. The third kappa shape index (κ3) is 9.94. The van der Waals surface area contributed by atoms with Gasteiger partial charge in [-0.2, -0.15) is 0 Å². The van der Waals surface area contributed by atoms with E-state index < -0.39 is 0 Å². The lowest BCUT2D eigenvalue weighted by atomic mass is 10.0. The van der Waals surface area contributed by atoms with E-state index in [9.17, 15) is 0 Å². The van der Waals surface area contributed by atoms with Crippen LogP contribution in [0.4, 0.5) is 0 Å². The molecule has 1 aliphatic heterocycles. The van der Waals surface area contributed by atoms with Crippen molar-refractivity contribution < 1.29 is 9.47 Å². The molecule has 1 aromatic rings. The molecule has 7 heteroatoms. The lowest BCUT2D eigenvalue weighted by Crippen LogP contribution is -2.43. The van der Waals surface area contributed by atoms with E-state index in [1.54, 1.807) is 0 Å². The molecule has 0 amide bonds. The minimum absolute atomic E-state index is 0. The monoisotopic (exact) mass is 532 g/mol. The number of ether oxygens (including phenoxy) is 2. The Labute approximate surface area is 200 Å². The van der Waals surface area contributed by atoms with Crippen molar-refractivity contribution in [2.75, 3.05) is 59.7 Å². The van der Waals surface area contributed by atoms with E-state index >= 15 is 0 Å². The number of aliphatic imine (C=N–C) groups is 1. The SMILES string of the molecule is CCN(CC)C(CNC(=NC)NCCCOCC1CCOCC1)c1ccccc1.I. The number of likely N-dealkylation sites (N-methyl/N-ethyl adjacent to an activating group) is 1. The molecule has 1 aromatic carbocycles. The van der Waals surface area contributed by atoms with E-state index in [4.69, 9.17) is 9.47 Å². The summed E-state index contributed by atoms with van der Waals surface area (Å²) in [6.07, 6.45) is 3.23. The fraction of sp³-hybridized carbons (Fsp3) is 0.696. The highest BCUT2D eigenvalue weighted by Gasteiger charge is 2.18. The number of hydrogen-bond donors (Lipinski definition) is 2. The average Bonchev–Trinajstić information content (AvgIpc) is 2.78. The molecule has 2 rings (SSSR count).